The number of hydrogen-bond donors (Lipinski definition) is 0. The Bertz CT molecular complexity index is 562. The summed E-state index contributed by atoms with van der Waals surface area (Å²) in [5.41, 5.74) is 4.93. The van der Waals surface area contributed by atoms with Crippen molar-refractivity contribution in [1.82, 2.24) is 9.78 Å². The minimum absolute atomic E-state index is 0.733. The molecule has 0 atom stereocenters. The van der Waals surface area contributed by atoms with Crippen LogP contribution in [-0.4, -0.2) is 9.78 Å². The Balaban J connectivity index is 2.16. The molecule has 0 aliphatic heterocycles. The van der Waals surface area contributed by atoms with Gasteiger partial charge in [-0.05, 0) is 49.3 Å². The summed E-state index contributed by atoms with van der Waals surface area (Å²) in [7, 11) is 0. The third-order valence-electron chi connectivity index (χ3n) is 3.65. The first-order valence-corrected chi connectivity index (χ1v) is 6.92. The first kappa shape index (κ1) is 11.8. The van der Waals surface area contributed by atoms with E-state index in [4.69, 9.17) is 11.6 Å². The summed E-state index contributed by atoms with van der Waals surface area (Å²) in [4.78, 5) is 0. The summed E-state index contributed by atoms with van der Waals surface area (Å²) in [5, 5.41) is 5.35. The Morgan fingerprint density at radius 3 is 2.78 bits per heavy atom. The highest BCUT2D eigenvalue weighted by molar-refractivity contribution is 6.32. The fraction of sp³-hybridized carbons (Fsp3) is 0.400. The molecule has 18 heavy (non-hydrogen) atoms. The molecule has 3 rings (SSSR count). The van der Waals surface area contributed by atoms with E-state index in [0.29, 0.717) is 0 Å². The van der Waals surface area contributed by atoms with Crippen LogP contribution in [0.1, 0.15) is 42.5 Å². The first-order valence-electron chi connectivity index (χ1n) is 6.54. The molecule has 1 saturated carbocycles. The number of aryl methyl sites for hydroxylation is 1. The third-order valence-corrected chi connectivity index (χ3v) is 3.96. The van der Waals surface area contributed by atoms with Crippen LogP contribution in [0.15, 0.2) is 24.4 Å². The molecule has 0 spiro atoms. The van der Waals surface area contributed by atoms with Gasteiger partial charge in [-0.1, -0.05) is 30.7 Å². The quantitative estimate of drug-likeness (QED) is 0.806. The van der Waals surface area contributed by atoms with Crippen molar-refractivity contribution in [3.63, 3.8) is 0 Å². The number of benzene rings is 1. The Morgan fingerprint density at radius 1 is 1.39 bits per heavy atom. The predicted octanol–water partition coefficient (Wildman–Crippen LogP) is 4.27. The molecular weight excluding hydrogens is 244 g/mol. The second-order valence-corrected chi connectivity index (χ2v) is 5.40. The van der Waals surface area contributed by atoms with E-state index >= 15 is 0 Å². The largest absolute Gasteiger partial charge is 0.236 e. The maximum atomic E-state index is 6.34. The van der Waals surface area contributed by atoms with Gasteiger partial charge in [-0.25, -0.2) is 4.68 Å². The molecule has 94 valence electrons. The van der Waals surface area contributed by atoms with Gasteiger partial charge in [-0.15, -0.1) is 0 Å². The topological polar surface area (TPSA) is 17.8 Å². The standard InChI is InChI=1S/C15H17ClN2/c1-3-14-12(11-7-8-11)9-17-18(14)15-10(2)5-4-6-13(15)16/h4-6,9,11H,3,7-8H2,1-2H3. The van der Waals surface area contributed by atoms with Crippen LogP contribution >= 0.6 is 11.6 Å². The van der Waals surface area contributed by atoms with Crippen molar-refractivity contribution in [3.05, 3.63) is 46.2 Å². The molecule has 0 N–H and O–H groups in total. The number of halogens is 1. The van der Waals surface area contributed by atoms with Crippen LogP contribution < -0.4 is 0 Å². The Hall–Kier alpha value is -1.28. The molecule has 1 aliphatic carbocycles. The van der Waals surface area contributed by atoms with Gasteiger partial charge in [0, 0.05) is 5.69 Å². The zero-order chi connectivity index (χ0) is 12.7. The second kappa shape index (κ2) is 4.43. The number of aromatic nitrogens is 2. The highest BCUT2D eigenvalue weighted by Gasteiger charge is 2.28. The van der Waals surface area contributed by atoms with Crippen LogP contribution in [0, 0.1) is 6.92 Å². The van der Waals surface area contributed by atoms with Crippen molar-refractivity contribution in [1.29, 1.82) is 0 Å². The van der Waals surface area contributed by atoms with Crippen molar-refractivity contribution in [2.75, 3.05) is 0 Å². The summed E-state index contributed by atoms with van der Waals surface area (Å²) in [6, 6.07) is 6.00. The van der Waals surface area contributed by atoms with Crippen LogP contribution in [0.25, 0.3) is 5.69 Å². The van der Waals surface area contributed by atoms with Gasteiger partial charge < -0.3 is 0 Å². The number of para-hydroxylation sites is 1. The van der Waals surface area contributed by atoms with E-state index in [9.17, 15) is 0 Å². The van der Waals surface area contributed by atoms with Gasteiger partial charge in [-0.2, -0.15) is 5.10 Å². The average Bonchev–Trinajstić information content (AvgIpc) is 3.10. The van der Waals surface area contributed by atoms with Gasteiger partial charge in [-0.3, -0.25) is 0 Å². The van der Waals surface area contributed by atoms with Crippen molar-refractivity contribution in [2.24, 2.45) is 0 Å². The first-order chi connectivity index (χ1) is 8.72. The second-order valence-electron chi connectivity index (χ2n) is 4.99. The molecule has 0 amide bonds. The summed E-state index contributed by atoms with van der Waals surface area (Å²) < 4.78 is 2.03. The van der Waals surface area contributed by atoms with Crippen molar-refractivity contribution in [2.45, 2.75) is 39.0 Å². The van der Waals surface area contributed by atoms with Crippen molar-refractivity contribution in [3.8, 4) is 5.69 Å². The van der Waals surface area contributed by atoms with Gasteiger partial charge in [0.05, 0.1) is 16.9 Å². The number of hydrogen-bond acceptors (Lipinski definition) is 1. The zero-order valence-corrected chi connectivity index (χ0v) is 11.5. The van der Waals surface area contributed by atoms with E-state index in [1.807, 2.05) is 23.0 Å². The summed E-state index contributed by atoms with van der Waals surface area (Å²) in [5.74, 6) is 0.733. The number of nitrogens with zero attached hydrogens (tertiary/aromatic N) is 2. The molecule has 0 radical (unpaired) electrons. The summed E-state index contributed by atoms with van der Waals surface area (Å²) in [6.07, 6.45) is 5.64. The van der Waals surface area contributed by atoms with Crippen LogP contribution in [0.5, 0.6) is 0 Å². The Kier molecular flexibility index (Phi) is 2.90. The molecule has 1 fully saturated rings. The third kappa shape index (κ3) is 1.85. The van der Waals surface area contributed by atoms with Crippen LogP contribution in [0.2, 0.25) is 5.02 Å². The van der Waals surface area contributed by atoms with Crippen molar-refractivity contribution < 1.29 is 0 Å². The molecule has 0 unspecified atom stereocenters. The van der Waals surface area contributed by atoms with Gasteiger partial charge in [0.25, 0.3) is 0 Å². The van der Waals surface area contributed by atoms with Gasteiger partial charge in [0.1, 0.15) is 0 Å². The predicted molar refractivity (Wildman–Crippen MR) is 74.7 cm³/mol. The minimum Gasteiger partial charge on any atom is -0.236 e. The van der Waals surface area contributed by atoms with E-state index in [2.05, 4.69) is 25.0 Å². The van der Waals surface area contributed by atoms with Crippen LogP contribution in [0.3, 0.4) is 0 Å². The fourth-order valence-corrected chi connectivity index (χ4v) is 2.86. The molecule has 3 heteroatoms. The van der Waals surface area contributed by atoms with Crippen LogP contribution in [0.4, 0.5) is 0 Å². The highest BCUT2D eigenvalue weighted by Crippen LogP contribution is 2.42. The molecule has 2 aromatic rings. The summed E-state index contributed by atoms with van der Waals surface area (Å²) >= 11 is 6.34. The number of rotatable bonds is 3. The lowest BCUT2D eigenvalue weighted by molar-refractivity contribution is 0.803. The normalized spacial score (nSPS) is 15.1. The van der Waals surface area contributed by atoms with Gasteiger partial charge in [0.15, 0.2) is 0 Å². The lowest BCUT2D eigenvalue weighted by Crippen LogP contribution is -2.05. The average molecular weight is 261 g/mol. The van der Waals surface area contributed by atoms with E-state index in [1.165, 1.54) is 29.7 Å². The molecule has 1 aliphatic rings. The monoisotopic (exact) mass is 260 g/mol. The fourth-order valence-electron chi connectivity index (χ4n) is 2.56. The lowest BCUT2D eigenvalue weighted by atomic mass is 10.1. The van der Waals surface area contributed by atoms with E-state index < -0.39 is 0 Å². The SMILES string of the molecule is CCc1c(C2CC2)cnn1-c1c(C)cccc1Cl. The molecule has 0 saturated heterocycles. The van der Waals surface area contributed by atoms with Gasteiger partial charge in [0.2, 0.25) is 0 Å². The smallest absolute Gasteiger partial charge is 0.0864 e. The molecule has 2 nitrogen and oxygen atoms in total. The molecule has 1 heterocycles. The highest BCUT2D eigenvalue weighted by atomic mass is 35.5. The maximum Gasteiger partial charge on any atom is 0.0864 e. The van der Waals surface area contributed by atoms with E-state index in [-0.39, 0.29) is 0 Å². The van der Waals surface area contributed by atoms with Crippen LogP contribution in [-0.2, 0) is 6.42 Å². The molecular formula is C15H17ClN2. The van der Waals surface area contributed by atoms with Gasteiger partial charge >= 0.3 is 0 Å². The molecule has 1 aromatic carbocycles. The lowest BCUT2D eigenvalue weighted by Gasteiger charge is -2.12. The van der Waals surface area contributed by atoms with E-state index in [0.717, 1.165) is 23.0 Å². The van der Waals surface area contributed by atoms with Crippen molar-refractivity contribution >= 4 is 11.6 Å². The zero-order valence-electron chi connectivity index (χ0n) is 10.8. The molecule has 1 aromatic heterocycles. The minimum atomic E-state index is 0.733. The van der Waals surface area contributed by atoms with E-state index in [1.54, 1.807) is 0 Å². The Morgan fingerprint density at radius 2 is 2.17 bits per heavy atom. The Labute approximate surface area is 113 Å². The molecule has 0 bridgehead atoms. The maximum absolute atomic E-state index is 6.34. The summed E-state index contributed by atoms with van der Waals surface area (Å²) in [6.45, 7) is 4.27.